The third-order valence-corrected chi connectivity index (χ3v) is 7.39. The molecular weight excluding hydrogens is 686 g/mol. The summed E-state index contributed by atoms with van der Waals surface area (Å²) >= 11 is 7.91. The molecule has 1 atom stereocenters. The van der Waals surface area contributed by atoms with E-state index in [1.165, 1.54) is 0 Å². The number of carbonyl (C=O) groups excluding carboxylic acids is 1. The molecule has 0 unspecified atom stereocenters. The summed E-state index contributed by atoms with van der Waals surface area (Å²) in [5, 5.41) is 9.76. The predicted octanol–water partition coefficient (Wildman–Crippen LogP) is 6.05. The first-order valence-corrected chi connectivity index (χ1v) is 12.5. The van der Waals surface area contributed by atoms with Crippen molar-refractivity contribution >= 4 is 66.9 Å². The zero-order valence-corrected chi connectivity index (χ0v) is 22.2. The summed E-state index contributed by atoms with van der Waals surface area (Å²) in [5.41, 5.74) is 8.81. The van der Waals surface area contributed by atoms with Gasteiger partial charge < -0.3 is 15.2 Å². The third-order valence-electron chi connectivity index (χ3n) is 5.26. The molecule has 0 aromatic heterocycles. The van der Waals surface area contributed by atoms with E-state index in [2.05, 4.69) is 67.2 Å². The van der Waals surface area contributed by atoms with Crippen molar-refractivity contribution < 1.29 is 14.3 Å². The minimum atomic E-state index is -0.510. The van der Waals surface area contributed by atoms with Crippen LogP contribution in [0, 0.1) is 18.5 Å². The fourth-order valence-electron chi connectivity index (χ4n) is 3.81. The van der Waals surface area contributed by atoms with Crippen LogP contribution >= 0.6 is 61.1 Å². The molecule has 1 aliphatic carbocycles. The van der Waals surface area contributed by atoms with E-state index in [-0.39, 0.29) is 17.2 Å². The zero-order chi connectivity index (χ0) is 22.1. The lowest BCUT2D eigenvalue weighted by molar-refractivity contribution is -0.116. The number of rotatable bonds is 4. The minimum absolute atomic E-state index is 0.0204. The molecule has 2 N–H and O–H groups in total. The highest BCUT2D eigenvalue weighted by atomic mass is 127. The van der Waals surface area contributed by atoms with Gasteiger partial charge in [0.05, 0.1) is 13.1 Å². The highest BCUT2D eigenvalue weighted by molar-refractivity contribution is 14.1. The van der Waals surface area contributed by atoms with Gasteiger partial charge in [0.25, 0.3) is 0 Å². The van der Waals surface area contributed by atoms with Crippen molar-refractivity contribution in [2.24, 2.45) is 5.73 Å². The summed E-state index contributed by atoms with van der Waals surface area (Å²) in [4.78, 5) is 12.8. The first-order chi connectivity index (χ1) is 14.9. The van der Waals surface area contributed by atoms with Gasteiger partial charge in [0.1, 0.15) is 29.8 Å². The van der Waals surface area contributed by atoms with Gasteiger partial charge in [-0.05, 0) is 87.0 Å². The van der Waals surface area contributed by atoms with E-state index in [1.54, 1.807) is 0 Å². The molecule has 0 saturated carbocycles. The Hall–Kier alpha value is -1.58. The molecule has 0 fully saturated rings. The van der Waals surface area contributed by atoms with Crippen LogP contribution in [0.25, 0.3) is 0 Å². The number of hydrogen-bond donors (Lipinski definition) is 1. The normalized spacial score (nSPS) is 18.4. The Bertz CT molecular complexity index is 1140. The molecule has 158 valence electrons. The lowest BCUT2D eigenvalue weighted by atomic mass is 9.77. The summed E-state index contributed by atoms with van der Waals surface area (Å²) in [6.45, 7) is 0.444. The van der Waals surface area contributed by atoms with Crippen LogP contribution < -0.4 is 10.5 Å². The van der Waals surface area contributed by atoms with Crippen LogP contribution in [0.1, 0.15) is 36.3 Å². The molecular formula is C23H17BrI2N2O3. The van der Waals surface area contributed by atoms with Gasteiger partial charge in [0.15, 0.2) is 5.78 Å². The van der Waals surface area contributed by atoms with Crippen LogP contribution in [-0.4, -0.2) is 5.78 Å². The molecule has 4 rings (SSSR count). The number of hydrogen-bond acceptors (Lipinski definition) is 5. The molecule has 0 amide bonds. The quantitative estimate of drug-likeness (QED) is 0.393. The Morgan fingerprint density at radius 1 is 1.19 bits per heavy atom. The highest BCUT2D eigenvalue weighted by Crippen LogP contribution is 2.45. The molecule has 0 saturated heterocycles. The van der Waals surface area contributed by atoms with Crippen LogP contribution in [0.3, 0.4) is 0 Å². The summed E-state index contributed by atoms with van der Waals surface area (Å²) in [7, 11) is 0. The fraction of sp³-hybridized carbons (Fsp3) is 0.217. The summed E-state index contributed by atoms with van der Waals surface area (Å²) in [6.07, 6.45) is 1.84. The Balaban J connectivity index is 1.69. The number of nitrogens with two attached hydrogens (primary N) is 1. The number of ketones is 1. The van der Waals surface area contributed by atoms with E-state index in [0.29, 0.717) is 30.8 Å². The number of ether oxygens (including phenoxy) is 2. The van der Waals surface area contributed by atoms with Crippen LogP contribution in [-0.2, 0) is 16.1 Å². The first kappa shape index (κ1) is 22.6. The maximum absolute atomic E-state index is 12.8. The number of halogens is 3. The number of benzene rings is 2. The molecule has 1 aliphatic heterocycles. The highest BCUT2D eigenvalue weighted by Gasteiger charge is 2.38. The molecule has 0 radical (unpaired) electrons. The average Bonchev–Trinajstić information content (AvgIpc) is 2.73. The Morgan fingerprint density at radius 3 is 2.52 bits per heavy atom. The van der Waals surface area contributed by atoms with Crippen molar-refractivity contribution in [1.82, 2.24) is 0 Å². The van der Waals surface area contributed by atoms with E-state index in [0.717, 1.165) is 34.9 Å². The second-order valence-corrected chi connectivity index (χ2v) is 10.5. The maximum Gasteiger partial charge on any atom is 0.205 e. The number of Topliss-reactive ketones (excluding diaryl/α,β-unsaturated/α-hetero) is 1. The largest absolute Gasteiger partial charge is 0.487 e. The van der Waals surface area contributed by atoms with Gasteiger partial charge in [-0.2, -0.15) is 5.26 Å². The Kier molecular flexibility index (Phi) is 6.93. The number of nitrogens with zero attached hydrogens (tertiary/aromatic N) is 1. The Labute approximate surface area is 216 Å². The van der Waals surface area contributed by atoms with Crippen LogP contribution in [0.5, 0.6) is 5.75 Å². The van der Waals surface area contributed by atoms with Gasteiger partial charge in [0, 0.05) is 22.9 Å². The van der Waals surface area contributed by atoms with Crippen molar-refractivity contribution in [3.63, 3.8) is 0 Å². The lowest BCUT2D eigenvalue weighted by Gasteiger charge is -2.31. The van der Waals surface area contributed by atoms with Crippen molar-refractivity contribution in [3.05, 3.63) is 81.9 Å². The summed E-state index contributed by atoms with van der Waals surface area (Å²) in [6, 6.07) is 14.1. The lowest BCUT2D eigenvalue weighted by Crippen LogP contribution is -2.27. The van der Waals surface area contributed by atoms with Crippen LogP contribution in [0.15, 0.2) is 63.7 Å². The van der Waals surface area contributed by atoms with Crippen molar-refractivity contribution in [2.75, 3.05) is 0 Å². The molecule has 5 nitrogen and oxygen atoms in total. The van der Waals surface area contributed by atoms with Gasteiger partial charge in [-0.15, -0.1) is 0 Å². The summed E-state index contributed by atoms with van der Waals surface area (Å²) in [5.74, 6) is 0.968. The van der Waals surface area contributed by atoms with Crippen LogP contribution in [0.4, 0.5) is 0 Å². The smallest absolute Gasteiger partial charge is 0.205 e. The second-order valence-electron chi connectivity index (χ2n) is 7.27. The zero-order valence-electron chi connectivity index (χ0n) is 16.3. The van der Waals surface area contributed by atoms with E-state index >= 15 is 0 Å². The van der Waals surface area contributed by atoms with Gasteiger partial charge in [-0.25, -0.2) is 0 Å². The van der Waals surface area contributed by atoms with Crippen molar-refractivity contribution in [1.29, 1.82) is 5.26 Å². The number of carbonyl (C=O) groups is 1. The van der Waals surface area contributed by atoms with Gasteiger partial charge in [-0.3, -0.25) is 4.79 Å². The molecule has 0 bridgehead atoms. The molecule has 1 heterocycles. The fourth-order valence-corrected chi connectivity index (χ4v) is 6.20. The standard InChI is InChI=1S/C23H17BrI2N2O3/c24-14-6-4-12(5-7-14)11-30-22-16(25)8-13(9-17(22)26)20-15(10-27)23(28)31-19-3-1-2-18(29)21(19)20/h4-9,20H,1-3,11,28H2/t20-/m0/s1. The molecule has 2 aromatic carbocycles. The molecule has 0 spiro atoms. The van der Waals surface area contributed by atoms with Gasteiger partial charge in [0.2, 0.25) is 5.88 Å². The molecule has 8 heteroatoms. The molecule has 2 aliphatic rings. The number of nitriles is 1. The topological polar surface area (TPSA) is 85.3 Å². The van der Waals surface area contributed by atoms with Crippen LogP contribution in [0.2, 0.25) is 0 Å². The SMILES string of the molecule is N#CC1=C(N)OC2=C(C(=O)CCC2)[C@H]1c1cc(I)c(OCc2ccc(Br)cc2)c(I)c1. The number of allylic oxidation sites excluding steroid dienone is 3. The summed E-state index contributed by atoms with van der Waals surface area (Å²) < 4.78 is 14.6. The second kappa shape index (κ2) is 9.50. The van der Waals surface area contributed by atoms with Crippen molar-refractivity contribution in [2.45, 2.75) is 31.8 Å². The van der Waals surface area contributed by atoms with E-state index in [9.17, 15) is 10.1 Å². The Morgan fingerprint density at radius 2 is 1.87 bits per heavy atom. The first-order valence-electron chi connectivity index (χ1n) is 9.59. The average molecular weight is 703 g/mol. The van der Waals surface area contributed by atoms with E-state index in [4.69, 9.17) is 15.2 Å². The maximum atomic E-state index is 12.8. The monoisotopic (exact) mass is 702 g/mol. The van der Waals surface area contributed by atoms with E-state index in [1.807, 2.05) is 36.4 Å². The minimum Gasteiger partial charge on any atom is -0.487 e. The van der Waals surface area contributed by atoms with Crippen molar-refractivity contribution in [3.8, 4) is 11.8 Å². The third kappa shape index (κ3) is 4.64. The van der Waals surface area contributed by atoms with Gasteiger partial charge in [-0.1, -0.05) is 28.1 Å². The molecule has 31 heavy (non-hydrogen) atoms. The van der Waals surface area contributed by atoms with Gasteiger partial charge >= 0.3 is 0 Å². The predicted molar refractivity (Wildman–Crippen MR) is 137 cm³/mol. The van der Waals surface area contributed by atoms with E-state index < -0.39 is 5.92 Å². The molecule has 2 aromatic rings.